The molecule has 0 unspecified atom stereocenters. The second-order valence-corrected chi connectivity index (χ2v) is 4.49. The van der Waals surface area contributed by atoms with Gasteiger partial charge in [0.2, 0.25) is 0 Å². The van der Waals surface area contributed by atoms with Crippen LogP contribution in [0.25, 0.3) is 11.3 Å². The number of hydrogen-bond donors (Lipinski definition) is 1. The molecule has 0 radical (unpaired) electrons. The average Bonchev–Trinajstić information content (AvgIpc) is 2.64. The summed E-state index contributed by atoms with van der Waals surface area (Å²) in [5, 5.41) is 15.7. The molecule has 1 aromatic carbocycles. The summed E-state index contributed by atoms with van der Waals surface area (Å²) in [6, 6.07) is 4.56. The van der Waals surface area contributed by atoms with Gasteiger partial charge < -0.3 is 5.73 Å². The minimum atomic E-state index is -0.467. The average molecular weight is 281 g/mol. The molecular weight excluding hydrogens is 268 g/mol. The van der Waals surface area contributed by atoms with Crippen LogP contribution in [-0.4, -0.2) is 14.7 Å². The van der Waals surface area contributed by atoms with Gasteiger partial charge in [0.05, 0.1) is 15.5 Å². The van der Waals surface area contributed by atoms with Gasteiger partial charge in [-0.3, -0.25) is 14.8 Å². The molecule has 0 aliphatic rings. The summed E-state index contributed by atoms with van der Waals surface area (Å²) in [7, 11) is 1.70. The molecule has 0 fully saturated rings. The third kappa shape index (κ3) is 2.15. The highest BCUT2D eigenvalue weighted by molar-refractivity contribution is 6.33. The van der Waals surface area contributed by atoms with E-state index in [1.54, 1.807) is 19.2 Å². The number of hydrogen-bond acceptors (Lipinski definition) is 4. The fourth-order valence-electron chi connectivity index (χ4n) is 2.03. The summed E-state index contributed by atoms with van der Waals surface area (Å²) in [5.41, 5.74) is 7.40. The van der Waals surface area contributed by atoms with E-state index in [2.05, 4.69) is 5.10 Å². The van der Waals surface area contributed by atoms with E-state index in [1.807, 2.05) is 6.92 Å². The number of rotatable bonds is 3. The fraction of sp³-hybridized carbons (Fsp3) is 0.250. The molecule has 1 aromatic heterocycles. The Morgan fingerprint density at radius 1 is 1.53 bits per heavy atom. The molecule has 0 amide bonds. The van der Waals surface area contributed by atoms with Crippen LogP contribution < -0.4 is 5.73 Å². The number of aryl methyl sites for hydroxylation is 1. The number of nitrogen functional groups attached to an aromatic ring is 1. The Morgan fingerprint density at radius 2 is 2.21 bits per heavy atom. The molecule has 2 N–H and O–H groups in total. The van der Waals surface area contributed by atoms with E-state index in [9.17, 15) is 10.1 Å². The van der Waals surface area contributed by atoms with Crippen molar-refractivity contribution in [2.75, 3.05) is 5.73 Å². The molecule has 1 heterocycles. The van der Waals surface area contributed by atoms with Crippen molar-refractivity contribution in [3.05, 3.63) is 38.9 Å². The Bertz CT molecular complexity index is 651. The standard InChI is InChI=1S/C12H13ClN4O2/c1-3-7-11(15-16(2)12(7)14)10-8(13)5-4-6-9(10)17(18)19/h4-6H,3,14H2,1-2H3. The van der Waals surface area contributed by atoms with Crippen molar-refractivity contribution in [1.29, 1.82) is 0 Å². The lowest BCUT2D eigenvalue weighted by molar-refractivity contribution is -0.384. The van der Waals surface area contributed by atoms with E-state index in [1.165, 1.54) is 10.7 Å². The summed E-state index contributed by atoms with van der Waals surface area (Å²) in [6.07, 6.45) is 0.622. The maximum absolute atomic E-state index is 11.1. The van der Waals surface area contributed by atoms with Crippen LogP contribution in [0.4, 0.5) is 11.5 Å². The van der Waals surface area contributed by atoms with E-state index in [0.29, 0.717) is 28.5 Å². The Kier molecular flexibility index (Phi) is 3.44. The first-order chi connectivity index (χ1) is 8.97. The highest BCUT2D eigenvalue weighted by Crippen LogP contribution is 2.38. The van der Waals surface area contributed by atoms with Crippen LogP contribution in [0, 0.1) is 10.1 Å². The molecule has 0 spiro atoms. The molecule has 2 rings (SSSR count). The molecule has 0 atom stereocenters. The first-order valence-electron chi connectivity index (χ1n) is 5.72. The highest BCUT2D eigenvalue weighted by atomic mass is 35.5. The lowest BCUT2D eigenvalue weighted by atomic mass is 10.0. The third-order valence-electron chi connectivity index (χ3n) is 2.97. The molecule has 0 saturated heterocycles. The minimum Gasteiger partial charge on any atom is -0.384 e. The highest BCUT2D eigenvalue weighted by Gasteiger charge is 2.24. The number of nitrogens with zero attached hydrogens (tertiary/aromatic N) is 3. The quantitative estimate of drug-likeness (QED) is 0.692. The molecule has 0 aliphatic heterocycles. The predicted octanol–water partition coefficient (Wildman–Crippen LogP) is 2.79. The number of nitro benzene ring substituents is 1. The van der Waals surface area contributed by atoms with Gasteiger partial charge in [0.1, 0.15) is 11.5 Å². The van der Waals surface area contributed by atoms with Gasteiger partial charge in [-0.05, 0) is 12.5 Å². The van der Waals surface area contributed by atoms with Gasteiger partial charge >= 0.3 is 0 Å². The number of benzene rings is 1. The molecule has 0 aliphatic carbocycles. The van der Waals surface area contributed by atoms with E-state index < -0.39 is 4.92 Å². The van der Waals surface area contributed by atoms with Gasteiger partial charge in [-0.15, -0.1) is 0 Å². The Morgan fingerprint density at radius 3 is 2.79 bits per heavy atom. The van der Waals surface area contributed by atoms with Crippen LogP contribution in [0.2, 0.25) is 5.02 Å². The summed E-state index contributed by atoms with van der Waals surface area (Å²) in [5.74, 6) is 0.492. The smallest absolute Gasteiger partial charge is 0.280 e. The Balaban J connectivity index is 2.79. The minimum absolute atomic E-state index is 0.0692. The van der Waals surface area contributed by atoms with E-state index in [0.717, 1.165) is 5.56 Å². The van der Waals surface area contributed by atoms with Gasteiger partial charge in [0.15, 0.2) is 0 Å². The van der Waals surface area contributed by atoms with E-state index in [4.69, 9.17) is 17.3 Å². The van der Waals surface area contributed by atoms with Crippen LogP contribution in [-0.2, 0) is 13.5 Å². The molecule has 6 nitrogen and oxygen atoms in total. The summed E-state index contributed by atoms with van der Waals surface area (Å²) in [4.78, 5) is 10.7. The van der Waals surface area contributed by atoms with Crippen molar-refractivity contribution in [3.8, 4) is 11.3 Å². The van der Waals surface area contributed by atoms with E-state index >= 15 is 0 Å². The van der Waals surface area contributed by atoms with Crippen molar-refractivity contribution in [1.82, 2.24) is 9.78 Å². The molecule has 2 aromatic rings. The van der Waals surface area contributed by atoms with Gasteiger partial charge in [-0.25, -0.2) is 0 Å². The summed E-state index contributed by atoms with van der Waals surface area (Å²) in [6.45, 7) is 1.92. The van der Waals surface area contributed by atoms with Crippen LogP contribution >= 0.6 is 11.6 Å². The van der Waals surface area contributed by atoms with Crippen molar-refractivity contribution in [2.45, 2.75) is 13.3 Å². The largest absolute Gasteiger partial charge is 0.384 e. The second kappa shape index (κ2) is 4.89. The molecular formula is C12H13ClN4O2. The lowest BCUT2D eigenvalue weighted by Gasteiger charge is -2.04. The van der Waals surface area contributed by atoms with Crippen molar-refractivity contribution >= 4 is 23.1 Å². The van der Waals surface area contributed by atoms with E-state index in [-0.39, 0.29) is 5.69 Å². The molecule has 7 heteroatoms. The third-order valence-corrected chi connectivity index (χ3v) is 3.29. The summed E-state index contributed by atoms with van der Waals surface area (Å²) >= 11 is 6.10. The maximum atomic E-state index is 11.1. The summed E-state index contributed by atoms with van der Waals surface area (Å²) < 4.78 is 1.50. The van der Waals surface area contributed by atoms with Crippen molar-refractivity contribution in [2.24, 2.45) is 7.05 Å². The monoisotopic (exact) mass is 280 g/mol. The van der Waals surface area contributed by atoms with Crippen molar-refractivity contribution < 1.29 is 4.92 Å². The number of anilines is 1. The van der Waals surface area contributed by atoms with Gasteiger partial charge in [-0.2, -0.15) is 5.10 Å². The van der Waals surface area contributed by atoms with Crippen LogP contribution in [0.5, 0.6) is 0 Å². The number of nitro groups is 1. The number of aromatic nitrogens is 2. The maximum Gasteiger partial charge on any atom is 0.280 e. The van der Waals surface area contributed by atoms with Crippen LogP contribution in [0.3, 0.4) is 0 Å². The zero-order valence-electron chi connectivity index (χ0n) is 10.6. The molecule has 100 valence electrons. The molecule has 0 bridgehead atoms. The first-order valence-corrected chi connectivity index (χ1v) is 6.09. The number of halogens is 1. The zero-order valence-corrected chi connectivity index (χ0v) is 11.3. The fourth-order valence-corrected chi connectivity index (χ4v) is 2.29. The normalized spacial score (nSPS) is 10.7. The van der Waals surface area contributed by atoms with Gasteiger partial charge in [0, 0.05) is 18.7 Å². The second-order valence-electron chi connectivity index (χ2n) is 4.08. The molecule has 19 heavy (non-hydrogen) atoms. The zero-order chi connectivity index (χ0) is 14.2. The predicted molar refractivity (Wildman–Crippen MR) is 74.1 cm³/mol. The SMILES string of the molecule is CCc1c(-c2c(Cl)cccc2[N+](=O)[O-])nn(C)c1N. The Labute approximate surface area is 114 Å². The van der Waals surface area contributed by atoms with Crippen LogP contribution in [0.15, 0.2) is 18.2 Å². The van der Waals surface area contributed by atoms with Gasteiger partial charge in [0.25, 0.3) is 5.69 Å². The molecule has 0 saturated carbocycles. The van der Waals surface area contributed by atoms with Gasteiger partial charge in [-0.1, -0.05) is 24.6 Å². The first kappa shape index (κ1) is 13.4. The Hall–Kier alpha value is -2.08. The topological polar surface area (TPSA) is 87.0 Å². The van der Waals surface area contributed by atoms with Crippen molar-refractivity contribution in [3.63, 3.8) is 0 Å². The lowest BCUT2D eigenvalue weighted by Crippen LogP contribution is -1.98. The number of nitrogens with two attached hydrogens (primary N) is 1. The van der Waals surface area contributed by atoms with Crippen LogP contribution in [0.1, 0.15) is 12.5 Å².